The van der Waals surface area contributed by atoms with Crippen molar-refractivity contribution in [3.8, 4) is 0 Å². The highest BCUT2D eigenvalue weighted by atomic mass is 19.4. The van der Waals surface area contributed by atoms with Crippen molar-refractivity contribution >= 4 is 0 Å². The standard InChI is InChI=1S/C14H12F18/c15-7(16,9(19,20)11(23,24)13(27,28)29)5-3-1-2-4-6-8(17,18)10(21,22)12(25,26)14(30,31)32/h1-6H2. The molecule has 32 heavy (non-hydrogen) atoms. The first-order valence-electron chi connectivity index (χ1n) is 8.11. The fourth-order valence-electron chi connectivity index (χ4n) is 2.18. The number of alkyl halides is 18. The largest absolute Gasteiger partial charge is 0.460 e. The highest BCUT2D eigenvalue weighted by Gasteiger charge is 2.82. The van der Waals surface area contributed by atoms with Gasteiger partial charge in [-0.15, -0.1) is 0 Å². The molecule has 0 atom stereocenters. The van der Waals surface area contributed by atoms with Gasteiger partial charge in [0.1, 0.15) is 0 Å². The normalized spacial score (nSPS) is 15.9. The molecule has 0 aliphatic heterocycles. The lowest BCUT2D eigenvalue weighted by atomic mass is 9.96. The van der Waals surface area contributed by atoms with E-state index < -0.39 is 86.4 Å². The minimum Gasteiger partial charge on any atom is -0.200 e. The molecule has 18 heteroatoms. The van der Waals surface area contributed by atoms with Crippen LogP contribution in [0.4, 0.5) is 79.0 Å². The summed E-state index contributed by atoms with van der Waals surface area (Å²) in [4.78, 5) is 0. The van der Waals surface area contributed by atoms with Crippen LogP contribution in [0.5, 0.6) is 0 Å². The van der Waals surface area contributed by atoms with Crippen molar-refractivity contribution in [3.63, 3.8) is 0 Å². The summed E-state index contributed by atoms with van der Waals surface area (Å²) in [5.74, 6) is -40.1. The van der Waals surface area contributed by atoms with Crippen LogP contribution in [0.3, 0.4) is 0 Å². The van der Waals surface area contributed by atoms with Crippen molar-refractivity contribution in [3.05, 3.63) is 0 Å². The van der Waals surface area contributed by atoms with Crippen LogP contribution in [0.15, 0.2) is 0 Å². The third kappa shape index (κ3) is 5.44. The topological polar surface area (TPSA) is 0 Å². The molecule has 0 fully saturated rings. The number of unbranched alkanes of at least 4 members (excludes halogenated alkanes) is 3. The smallest absolute Gasteiger partial charge is 0.200 e. The average molecular weight is 522 g/mol. The number of hydrogen-bond donors (Lipinski definition) is 0. The Bertz CT molecular complexity index is 556. The van der Waals surface area contributed by atoms with Gasteiger partial charge in [-0.2, -0.15) is 79.0 Å². The van der Waals surface area contributed by atoms with Gasteiger partial charge in [-0.3, -0.25) is 0 Å². The lowest BCUT2D eigenvalue weighted by Crippen LogP contribution is -2.60. The van der Waals surface area contributed by atoms with E-state index in [1.165, 1.54) is 0 Å². The van der Waals surface area contributed by atoms with Crippen LogP contribution in [-0.2, 0) is 0 Å². The van der Waals surface area contributed by atoms with Gasteiger partial charge in [0.05, 0.1) is 0 Å². The van der Waals surface area contributed by atoms with E-state index in [0.717, 1.165) is 0 Å². The summed E-state index contributed by atoms with van der Waals surface area (Å²) >= 11 is 0. The summed E-state index contributed by atoms with van der Waals surface area (Å²) in [6, 6.07) is 0. The zero-order chi connectivity index (χ0) is 26.2. The summed E-state index contributed by atoms with van der Waals surface area (Å²) < 4.78 is 226. The SMILES string of the molecule is FC(F)(F)C(F)(F)C(F)(F)C(F)(F)CCCCCCC(F)(F)C(F)(F)C(F)(F)C(F)(F)F. The summed E-state index contributed by atoms with van der Waals surface area (Å²) in [5, 5.41) is 0. The first-order valence-corrected chi connectivity index (χ1v) is 8.11. The molecule has 0 rings (SSSR count). The quantitative estimate of drug-likeness (QED) is 0.189. The molecule has 0 aromatic carbocycles. The molecule has 0 N–H and O–H groups in total. The molecule has 0 heterocycles. The number of rotatable bonds is 11. The lowest BCUT2D eigenvalue weighted by molar-refractivity contribution is -0.397. The summed E-state index contributed by atoms with van der Waals surface area (Å²) in [7, 11) is 0. The molecule has 0 nitrogen and oxygen atoms in total. The summed E-state index contributed by atoms with van der Waals surface area (Å²) in [6.45, 7) is 0. The zero-order valence-corrected chi connectivity index (χ0v) is 15.0. The van der Waals surface area contributed by atoms with Crippen LogP contribution in [0.25, 0.3) is 0 Å². The van der Waals surface area contributed by atoms with Crippen LogP contribution >= 0.6 is 0 Å². The van der Waals surface area contributed by atoms with Crippen molar-refractivity contribution in [1.82, 2.24) is 0 Å². The average Bonchev–Trinajstić information content (AvgIpc) is 2.55. The second-order valence-electron chi connectivity index (χ2n) is 6.62. The minimum atomic E-state index is -7.15. The molecule has 0 saturated heterocycles. The third-order valence-corrected chi connectivity index (χ3v) is 4.15. The van der Waals surface area contributed by atoms with Crippen LogP contribution in [0.2, 0.25) is 0 Å². The molecule has 0 spiro atoms. The Kier molecular flexibility index (Phi) is 8.48. The summed E-state index contributed by atoms with van der Waals surface area (Å²) in [5.41, 5.74) is 0. The molecule has 0 unspecified atom stereocenters. The van der Waals surface area contributed by atoms with E-state index in [1.807, 2.05) is 0 Å². The maximum atomic E-state index is 13.2. The van der Waals surface area contributed by atoms with E-state index in [2.05, 4.69) is 0 Å². The molecule has 0 aliphatic rings. The molecule has 0 aliphatic carbocycles. The van der Waals surface area contributed by atoms with Gasteiger partial charge in [0.15, 0.2) is 0 Å². The zero-order valence-electron chi connectivity index (χ0n) is 15.0. The molecule has 0 saturated carbocycles. The highest BCUT2D eigenvalue weighted by Crippen LogP contribution is 2.55. The number of hydrogen-bond acceptors (Lipinski definition) is 0. The van der Waals surface area contributed by atoms with E-state index in [9.17, 15) is 79.0 Å². The van der Waals surface area contributed by atoms with E-state index in [4.69, 9.17) is 0 Å². The molecule has 194 valence electrons. The van der Waals surface area contributed by atoms with Crippen molar-refractivity contribution in [2.24, 2.45) is 0 Å². The van der Waals surface area contributed by atoms with Gasteiger partial charge in [-0.1, -0.05) is 12.8 Å². The maximum absolute atomic E-state index is 13.2. The Balaban J connectivity index is 4.92. The molecule has 0 aromatic rings. The van der Waals surface area contributed by atoms with Crippen molar-refractivity contribution < 1.29 is 79.0 Å². The molecule has 0 bridgehead atoms. The van der Waals surface area contributed by atoms with Gasteiger partial charge in [0.25, 0.3) is 0 Å². The van der Waals surface area contributed by atoms with Crippen LogP contribution in [0.1, 0.15) is 38.5 Å². The Labute approximate surface area is 166 Å². The van der Waals surface area contributed by atoms with Crippen LogP contribution in [-0.4, -0.2) is 47.9 Å². The van der Waals surface area contributed by atoms with Crippen LogP contribution in [0, 0.1) is 0 Å². The lowest BCUT2D eigenvalue weighted by Gasteiger charge is -2.34. The van der Waals surface area contributed by atoms with Crippen molar-refractivity contribution in [2.75, 3.05) is 0 Å². The molecular formula is C14H12F18. The van der Waals surface area contributed by atoms with E-state index >= 15 is 0 Å². The molecular weight excluding hydrogens is 510 g/mol. The van der Waals surface area contributed by atoms with Gasteiger partial charge >= 0.3 is 47.9 Å². The van der Waals surface area contributed by atoms with E-state index in [-0.39, 0.29) is 0 Å². The van der Waals surface area contributed by atoms with Gasteiger partial charge in [-0.25, -0.2) is 0 Å². The predicted molar refractivity (Wildman–Crippen MR) is 69.5 cm³/mol. The Morgan fingerprint density at radius 2 is 0.500 bits per heavy atom. The number of halogens is 18. The molecule has 0 amide bonds. The first-order chi connectivity index (χ1) is 13.7. The first kappa shape index (κ1) is 30.7. The Morgan fingerprint density at radius 3 is 0.688 bits per heavy atom. The van der Waals surface area contributed by atoms with Gasteiger partial charge < -0.3 is 0 Å². The highest BCUT2D eigenvalue weighted by molar-refractivity contribution is 5.01. The molecule has 0 radical (unpaired) electrons. The minimum absolute atomic E-state index is 0.958. The second kappa shape index (κ2) is 8.83. The van der Waals surface area contributed by atoms with Crippen molar-refractivity contribution in [2.45, 2.75) is 86.4 Å². The molecule has 0 aromatic heterocycles. The third-order valence-electron chi connectivity index (χ3n) is 4.15. The fraction of sp³-hybridized carbons (Fsp3) is 1.00. The van der Waals surface area contributed by atoms with E-state index in [0.29, 0.717) is 0 Å². The maximum Gasteiger partial charge on any atom is 0.460 e. The Hall–Kier alpha value is -1.26. The van der Waals surface area contributed by atoms with Gasteiger partial charge in [0.2, 0.25) is 0 Å². The predicted octanol–water partition coefficient (Wildman–Crippen LogP) is 8.26. The Morgan fingerprint density at radius 1 is 0.281 bits per heavy atom. The van der Waals surface area contributed by atoms with Crippen molar-refractivity contribution in [1.29, 1.82) is 0 Å². The summed E-state index contributed by atoms with van der Waals surface area (Å²) in [6.07, 6.45) is -23.4. The second-order valence-corrected chi connectivity index (χ2v) is 6.62. The monoisotopic (exact) mass is 522 g/mol. The fourth-order valence-corrected chi connectivity index (χ4v) is 2.18. The van der Waals surface area contributed by atoms with Gasteiger partial charge in [0, 0.05) is 12.8 Å². The van der Waals surface area contributed by atoms with E-state index in [1.54, 1.807) is 0 Å². The van der Waals surface area contributed by atoms with Crippen LogP contribution < -0.4 is 0 Å². The van der Waals surface area contributed by atoms with Gasteiger partial charge in [-0.05, 0) is 12.8 Å².